The van der Waals surface area contributed by atoms with Gasteiger partial charge in [-0.05, 0) is 66.1 Å². The number of fused-ring (bicyclic) bond motifs is 2. The third kappa shape index (κ3) is 4.37. The lowest BCUT2D eigenvalue weighted by atomic mass is 9.99. The quantitative estimate of drug-likeness (QED) is 0.273. The molecule has 6 rings (SSSR count). The first kappa shape index (κ1) is 24.1. The van der Waals surface area contributed by atoms with Crippen LogP contribution in [-0.4, -0.2) is 39.4 Å². The van der Waals surface area contributed by atoms with E-state index in [2.05, 4.69) is 35.5 Å². The molecule has 38 heavy (non-hydrogen) atoms. The number of H-pyrrole nitrogens is 2. The van der Waals surface area contributed by atoms with E-state index < -0.39 is 15.8 Å². The number of nitrogens with zero attached hydrogens (tertiary/aromatic N) is 3. The minimum absolute atomic E-state index is 0.00966. The van der Waals surface area contributed by atoms with Crippen molar-refractivity contribution in [1.29, 1.82) is 0 Å². The van der Waals surface area contributed by atoms with Crippen LogP contribution < -0.4 is 4.72 Å². The first-order valence-corrected chi connectivity index (χ1v) is 13.9. The number of halogens is 1. The van der Waals surface area contributed by atoms with Crippen LogP contribution >= 0.6 is 0 Å². The second kappa shape index (κ2) is 8.93. The van der Waals surface area contributed by atoms with Crippen LogP contribution in [0.5, 0.6) is 0 Å². The van der Waals surface area contributed by atoms with Gasteiger partial charge in [-0.15, -0.1) is 0 Å². The van der Waals surface area contributed by atoms with Crippen LogP contribution in [0.1, 0.15) is 11.4 Å². The summed E-state index contributed by atoms with van der Waals surface area (Å²) < 4.78 is 42.1. The summed E-state index contributed by atoms with van der Waals surface area (Å²) in [6.07, 6.45) is 2.94. The highest BCUT2D eigenvalue weighted by Crippen LogP contribution is 2.35. The molecule has 192 valence electrons. The molecule has 3 N–H and O–H groups in total. The fraction of sp³-hybridized carbons (Fsp3) is 0.143. The maximum Gasteiger partial charge on any atom is 0.209 e. The predicted molar refractivity (Wildman–Crippen MR) is 147 cm³/mol. The number of imidazole rings is 1. The van der Waals surface area contributed by atoms with Gasteiger partial charge in [-0.1, -0.05) is 18.2 Å². The summed E-state index contributed by atoms with van der Waals surface area (Å²) in [4.78, 5) is 7.88. The lowest BCUT2D eigenvalue weighted by Gasteiger charge is -2.08. The van der Waals surface area contributed by atoms with E-state index in [0.29, 0.717) is 11.1 Å². The summed E-state index contributed by atoms with van der Waals surface area (Å²) in [7, 11) is -1.41. The van der Waals surface area contributed by atoms with Crippen molar-refractivity contribution in [2.24, 2.45) is 7.05 Å². The van der Waals surface area contributed by atoms with Crippen LogP contribution in [0.15, 0.2) is 66.9 Å². The number of benzene rings is 3. The van der Waals surface area contributed by atoms with Crippen LogP contribution in [0.25, 0.3) is 55.6 Å². The molecule has 3 heterocycles. The molecule has 0 saturated heterocycles. The van der Waals surface area contributed by atoms with Gasteiger partial charge in [0.2, 0.25) is 10.0 Å². The normalized spacial score (nSPS) is 12.1. The Kier molecular flexibility index (Phi) is 5.66. The van der Waals surface area contributed by atoms with Gasteiger partial charge in [0.05, 0.1) is 29.4 Å². The van der Waals surface area contributed by atoms with Crippen molar-refractivity contribution in [2.75, 3.05) is 6.26 Å². The van der Waals surface area contributed by atoms with Crippen LogP contribution in [0, 0.1) is 12.7 Å². The number of rotatable bonds is 6. The van der Waals surface area contributed by atoms with Crippen LogP contribution in [0.3, 0.4) is 0 Å². The molecule has 3 aromatic carbocycles. The van der Waals surface area contributed by atoms with Gasteiger partial charge in [0.15, 0.2) is 0 Å². The Morgan fingerprint density at radius 3 is 2.61 bits per heavy atom. The molecule has 0 atom stereocenters. The Hall–Kier alpha value is -4.28. The van der Waals surface area contributed by atoms with Gasteiger partial charge in [-0.25, -0.2) is 22.5 Å². The SMILES string of the molecule is Cc1ncc(-c2ccc3[nH]nc(-c4cc5c(-c6cc(F)cc(CNS(C)(=O)=O)c6)cccc5[nH]4)c3c2)n1C. The molecule has 0 bridgehead atoms. The minimum Gasteiger partial charge on any atom is -0.353 e. The number of sulfonamides is 1. The Balaban J connectivity index is 1.44. The zero-order valence-corrected chi connectivity index (χ0v) is 21.8. The summed E-state index contributed by atoms with van der Waals surface area (Å²) in [6.45, 7) is 1.98. The Labute approximate surface area is 218 Å². The zero-order valence-electron chi connectivity index (χ0n) is 21.0. The van der Waals surface area contributed by atoms with Crippen molar-refractivity contribution in [3.63, 3.8) is 0 Å². The second-order valence-corrected chi connectivity index (χ2v) is 11.3. The molecule has 0 spiro atoms. The second-order valence-electron chi connectivity index (χ2n) is 9.47. The molecule has 10 heteroatoms. The fourth-order valence-corrected chi connectivity index (χ4v) is 5.23. The highest BCUT2D eigenvalue weighted by molar-refractivity contribution is 7.88. The third-order valence-electron chi connectivity index (χ3n) is 6.81. The lowest BCUT2D eigenvalue weighted by molar-refractivity contribution is 0.586. The summed E-state index contributed by atoms with van der Waals surface area (Å²) >= 11 is 0. The molecule has 0 aliphatic rings. The van der Waals surface area contributed by atoms with E-state index in [1.54, 1.807) is 6.07 Å². The van der Waals surface area contributed by atoms with E-state index in [-0.39, 0.29) is 6.54 Å². The van der Waals surface area contributed by atoms with E-state index in [0.717, 1.165) is 62.1 Å². The van der Waals surface area contributed by atoms with Crippen molar-refractivity contribution < 1.29 is 12.8 Å². The van der Waals surface area contributed by atoms with Gasteiger partial charge in [-0.2, -0.15) is 5.10 Å². The maximum atomic E-state index is 14.5. The van der Waals surface area contributed by atoms with Gasteiger partial charge < -0.3 is 9.55 Å². The topological polar surface area (TPSA) is 108 Å². The van der Waals surface area contributed by atoms with E-state index in [9.17, 15) is 12.8 Å². The smallest absolute Gasteiger partial charge is 0.209 e. The largest absolute Gasteiger partial charge is 0.353 e. The third-order valence-corrected chi connectivity index (χ3v) is 7.47. The van der Waals surface area contributed by atoms with Crippen molar-refractivity contribution in [3.8, 4) is 33.8 Å². The van der Waals surface area contributed by atoms with Crippen LogP contribution in [0.4, 0.5) is 4.39 Å². The zero-order chi connectivity index (χ0) is 26.6. The van der Waals surface area contributed by atoms with E-state index in [1.165, 1.54) is 12.1 Å². The van der Waals surface area contributed by atoms with E-state index in [4.69, 9.17) is 0 Å². The molecular formula is C28H25FN6O2S. The van der Waals surface area contributed by atoms with E-state index >= 15 is 0 Å². The van der Waals surface area contributed by atoms with Crippen molar-refractivity contribution in [2.45, 2.75) is 13.5 Å². The molecule has 0 unspecified atom stereocenters. The molecule has 0 aliphatic carbocycles. The number of aryl methyl sites for hydroxylation is 1. The predicted octanol–water partition coefficient (Wildman–Crippen LogP) is 5.28. The van der Waals surface area contributed by atoms with Crippen molar-refractivity contribution in [1.82, 2.24) is 29.5 Å². The summed E-state index contributed by atoms with van der Waals surface area (Å²) in [5, 5.41) is 9.59. The van der Waals surface area contributed by atoms with Gasteiger partial charge >= 0.3 is 0 Å². The molecule has 6 aromatic rings. The summed E-state index contributed by atoms with van der Waals surface area (Å²) in [5.74, 6) is 0.500. The Morgan fingerprint density at radius 1 is 1.00 bits per heavy atom. The van der Waals surface area contributed by atoms with Gasteiger partial charge in [0.25, 0.3) is 0 Å². The van der Waals surface area contributed by atoms with Gasteiger partial charge in [-0.3, -0.25) is 5.10 Å². The molecule has 0 aliphatic heterocycles. The molecule has 0 amide bonds. The summed E-state index contributed by atoms with van der Waals surface area (Å²) in [6, 6.07) is 18.6. The molecule has 8 nitrogen and oxygen atoms in total. The van der Waals surface area contributed by atoms with Gasteiger partial charge in [0, 0.05) is 35.4 Å². The number of hydrogen-bond acceptors (Lipinski definition) is 4. The molecule has 0 fully saturated rings. The molecule has 0 saturated carbocycles. The van der Waals surface area contributed by atoms with Crippen LogP contribution in [-0.2, 0) is 23.6 Å². The average Bonchev–Trinajstić information content (AvgIpc) is 3.58. The monoisotopic (exact) mass is 528 g/mol. The number of nitrogens with one attached hydrogen (secondary N) is 3. The first-order valence-electron chi connectivity index (χ1n) is 12.0. The Bertz CT molecular complexity index is 1950. The standard InChI is InChI=1S/C28H25FN6O2S/c1-16-30-15-27(35(16)2)18-7-8-25-23(12-18)28(34-33-25)26-13-22-21(5-4-6-24(22)32-26)19-9-17(10-20(29)11-19)14-31-38(3,36)37/h4-13,15,31-32H,14H2,1-3H3,(H,33,34). The first-order chi connectivity index (χ1) is 18.2. The summed E-state index contributed by atoms with van der Waals surface area (Å²) in [5.41, 5.74) is 7.48. The maximum absolute atomic E-state index is 14.5. The number of aromatic amines is 2. The fourth-order valence-electron chi connectivity index (χ4n) is 4.81. The number of aromatic nitrogens is 5. The molecular weight excluding hydrogens is 503 g/mol. The number of hydrogen-bond donors (Lipinski definition) is 3. The van der Waals surface area contributed by atoms with Gasteiger partial charge in [0.1, 0.15) is 17.3 Å². The van der Waals surface area contributed by atoms with E-state index in [1.807, 2.05) is 56.6 Å². The highest BCUT2D eigenvalue weighted by atomic mass is 32.2. The Morgan fingerprint density at radius 2 is 1.84 bits per heavy atom. The highest BCUT2D eigenvalue weighted by Gasteiger charge is 2.16. The minimum atomic E-state index is -3.40. The molecule has 3 aromatic heterocycles. The van der Waals surface area contributed by atoms with Crippen LogP contribution in [0.2, 0.25) is 0 Å². The van der Waals surface area contributed by atoms with Crippen molar-refractivity contribution in [3.05, 3.63) is 84.1 Å². The molecule has 0 radical (unpaired) electrons. The lowest BCUT2D eigenvalue weighted by Crippen LogP contribution is -2.21. The average molecular weight is 529 g/mol. The van der Waals surface area contributed by atoms with Crippen molar-refractivity contribution >= 4 is 31.8 Å².